The van der Waals surface area contributed by atoms with Gasteiger partial charge >= 0.3 is 0 Å². The van der Waals surface area contributed by atoms with Crippen LogP contribution in [-0.2, 0) is 9.59 Å². The Morgan fingerprint density at radius 2 is 2.15 bits per heavy atom. The predicted molar refractivity (Wildman–Crippen MR) is 102 cm³/mol. The molecule has 2 N–H and O–H groups in total. The number of allylic oxidation sites excluding steroid dienone is 1. The SMILES string of the molecule is N#CC1=C(SCC(=O)Nc2ccc(Br)cc2)NC(=O)C[C@H]1c1ccco1. The summed E-state index contributed by atoms with van der Waals surface area (Å²) in [6.45, 7) is 0. The van der Waals surface area contributed by atoms with E-state index < -0.39 is 5.92 Å². The van der Waals surface area contributed by atoms with Crippen molar-refractivity contribution in [2.45, 2.75) is 12.3 Å². The number of furan rings is 1. The normalized spacial score (nSPS) is 16.8. The summed E-state index contributed by atoms with van der Waals surface area (Å²) in [5, 5.41) is 15.4. The molecule has 0 fully saturated rings. The molecule has 3 rings (SSSR count). The van der Waals surface area contributed by atoms with Crippen LogP contribution in [0.1, 0.15) is 18.1 Å². The van der Waals surface area contributed by atoms with Crippen LogP contribution in [0.3, 0.4) is 0 Å². The van der Waals surface area contributed by atoms with Crippen molar-refractivity contribution in [3.8, 4) is 6.07 Å². The first-order valence-electron chi connectivity index (χ1n) is 7.72. The first-order valence-corrected chi connectivity index (χ1v) is 9.50. The molecule has 1 aliphatic rings. The number of rotatable bonds is 5. The van der Waals surface area contributed by atoms with E-state index in [9.17, 15) is 14.9 Å². The number of halogens is 1. The zero-order valence-electron chi connectivity index (χ0n) is 13.5. The van der Waals surface area contributed by atoms with Crippen LogP contribution >= 0.6 is 27.7 Å². The van der Waals surface area contributed by atoms with E-state index in [0.717, 1.165) is 16.2 Å². The van der Waals surface area contributed by atoms with E-state index in [0.29, 0.717) is 22.0 Å². The van der Waals surface area contributed by atoms with Gasteiger partial charge in [0, 0.05) is 16.6 Å². The highest BCUT2D eigenvalue weighted by Crippen LogP contribution is 2.36. The summed E-state index contributed by atoms with van der Waals surface area (Å²) < 4.78 is 6.28. The number of anilines is 1. The lowest BCUT2D eigenvalue weighted by Crippen LogP contribution is -2.31. The number of thioether (sulfide) groups is 1. The van der Waals surface area contributed by atoms with Gasteiger partial charge in [-0.15, -0.1) is 0 Å². The Morgan fingerprint density at radius 1 is 1.38 bits per heavy atom. The molecule has 1 aromatic carbocycles. The Hall–Kier alpha value is -2.50. The molecule has 0 spiro atoms. The summed E-state index contributed by atoms with van der Waals surface area (Å²) in [7, 11) is 0. The number of nitrogens with zero attached hydrogens (tertiary/aromatic N) is 1. The second kappa shape index (κ2) is 8.25. The lowest BCUT2D eigenvalue weighted by molar-refractivity contribution is -0.121. The largest absolute Gasteiger partial charge is 0.469 e. The number of benzene rings is 1. The average molecular weight is 432 g/mol. The summed E-state index contributed by atoms with van der Waals surface area (Å²) in [6, 6.07) is 12.8. The number of amides is 2. The molecule has 0 radical (unpaired) electrons. The molecule has 0 unspecified atom stereocenters. The van der Waals surface area contributed by atoms with Crippen molar-refractivity contribution in [3.05, 3.63) is 63.5 Å². The molecular weight excluding hydrogens is 418 g/mol. The first kappa shape index (κ1) is 18.3. The molecule has 2 aromatic rings. The molecule has 2 heterocycles. The zero-order chi connectivity index (χ0) is 18.5. The van der Waals surface area contributed by atoms with E-state index >= 15 is 0 Å². The maximum absolute atomic E-state index is 12.1. The van der Waals surface area contributed by atoms with Crippen LogP contribution in [0.2, 0.25) is 0 Å². The van der Waals surface area contributed by atoms with Crippen molar-refractivity contribution >= 4 is 45.2 Å². The number of nitriles is 1. The third kappa shape index (κ3) is 4.36. The Morgan fingerprint density at radius 3 is 2.81 bits per heavy atom. The minimum atomic E-state index is -0.430. The van der Waals surface area contributed by atoms with Gasteiger partial charge in [-0.3, -0.25) is 9.59 Å². The van der Waals surface area contributed by atoms with E-state index in [2.05, 4.69) is 32.6 Å². The van der Waals surface area contributed by atoms with Gasteiger partial charge in [0.1, 0.15) is 5.76 Å². The van der Waals surface area contributed by atoms with Gasteiger partial charge in [-0.05, 0) is 36.4 Å². The van der Waals surface area contributed by atoms with Crippen LogP contribution in [0.5, 0.6) is 0 Å². The van der Waals surface area contributed by atoms with Gasteiger partial charge in [0.25, 0.3) is 0 Å². The van der Waals surface area contributed by atoms with Crippen molar-refractivity contribution in [2.75, 3.05) is 11.1 Å². The van der Waals surface area contributed by atoms with E-state index in [-0.39, 0.29) is 24.0 Å². The maximum atomic E-state index is 12.1. The van der Waals surface area contributed by atoms with E-state index in [1.165, 1.54) is 6.26 Å². The third-order valence-electron chi connectivity index (χ3n) is 3.72. The summed E-state index contributed by atoms with van der Waals surface area (Å²) in [5.41, 5.74) is 1.08. The number of hydrogen-bond acceptors (Lipinski definition) is 5. The summed E-state index contributed by atoms with van der Waals surface area (Å²) in [4.78, 5) is 24.1. The molecule has 6 nitrogen and oxygen atoms in total. The molecule has 2 amide bonds. The molecule has 1 atom stereocenters. The van der Waals surface area contributed by atoms with Crippen LogP contribution < -0.4 is 10.6 Å². The molecule has 0 aliphatic carbocycles. The topological polar surface area (TPSA) is 95.1 Å². The average Bonchev–Trinajstić information content (AvgIpc) is 3.16. The quantitative estimate of drug-likeness (QED) is 0.751. The van der Waals surface area contributed by atoms with Crippen LogP contribution in [-0.4, -0.2) is 17.6 Å². The van der Waals surface area contributed by atoms with Gasteiger partial charge in [0.15, 0.2) is 0 Å². The van der Waals surface area contributed by atoms with Crippen molar-refractivity contribution in [2.24, 2.45) is 0 Å². The summed E-state index contributed by atoms with van der Waals surface area (Å²) >= 11 is 4.46. The third-order valence-corrected chi connectivity index (χ3v) is 5.26. The van der Waals surface area contributed by atoms with Gasteiger partial charge in [0.2, 0.25) is 11.8 Å². The van der Waals surface area contributed by atoms with E-state index in [1.807, 2.05) is 12.1 Å². The monoisotopic (exact) mass is 431 g/mol. The van der Waals surface area contributed by atoms with Crippen LogP contribution in [0, 0.1) is 11.3 Å². The van der Waals surface area contributed by atoms with E-state index in [1.54, 1.807) is 24.3 Å². The van der Waals surface area contributed by atoms with Crippen molar-refractivity contribution in [3.63, 3.8) is 0 Å². The van der Waals surface area contributed by atoms with Crippen LogP contribution in [0.4, 0.5) is 5.69 Å². The molecule has 1 aromatic heterocycles. The molecule has 1 aliphatic heterocycles. The molecular formula is C18H14BrN3O3S. The van der Waals surface area contributed by atoms with Gasteiger partial charge in [-0.25, -0.2) is 0 Å². The number of carbonyl (C=O) groups excluding carboxylic acids is 2. The van der Waals surface area contributed by atoms with Gasteiger partial charge in [-0.2, -0.15) is 5.26 Å². The van der Waals surface area contributed by atoms with Gasteiger partial charge < -0.3 is 15.1 Å². The van der Waals surface area contributed by atoms with Crippen molar-refractivity contribution in [1.82, 2.24) is 5.32 Å². The Bertz CT molecular complexity index is 885. The lowest BCUT2D eigenvalue weighted by atomic mass is 9.92. The Kier molecular flexibility index (Phi) is 5.81. The summed E-state index contributed by atoms with van der Waals surface area (Å²) in [6.07, 6.45) is 1.65. The fourth-order valence-electron chi connectivity index (χ4n) is 2.53. The van der Waals surface area contributed by atoms with E-state index in [4.69, 9.17) is 4.42 Å². The lowest BCUT2D eigenvalue weighted by Gasteiger charge is -2.23. The highest BCUT2D eigenvalue weighted by molar-refractivity contribution is 9.10. The van der Waals surface area contributed by atoms with Crippen LogP contribution in [0.25, 0.3) is 0 Å². The molecule has 132 valence electrons. The minimum absolute atomic E-state index is 0.0712. The Labute approximate surface area is 162 Å². The molecule has 0 bridgehead atoms. The van der Waals surface area contributed by atoms with Gasteiger partial charge in [-0.1, -0.05) is 27.7 Å². The second-order valence-electron chi connectivity index (χ2n) is 5.52. The van der Waals surface area contributed by atoms with Crippen LogP contribution in [0.15, 0.2) is 62.2 Å². The molecule has 26 heavy (non-hydrogen) atoms. The molecule has 0 saturated heterocycles. The maximum Gasteiger partial charge on any atom is 0.234 e. The molecule has 8 heteroatoms. The highest BCUT2D eigenvalue weighted by atomic mass is 79.9. The first-order chi connectivity index (χ1) is 12.6. The smallest absolute Gasteiger partial charge is 0.234 e. The number of hydrogen-bond donors (Lipinski definition) is 2. The van der Waals surface area contributed by atoms with Crippen molar-refractivity contribution < 1.29 is 14.0 Å². The zero-order valence-corrected chi connectivity index (χ0v) is 15.9. The predicted octanol–water partition coefficient (Wildman–Crippen LogP) is 3.75. The molecule has 0 saturated carbocycles. The van der Waals surface area contributed by atoms with Crippen molar-refractivity contribution in [1.29, 1.82) is 5.26 Å². The second-order valence-corrected chi connectivity index (χ2v) is 7.42. The highest BCUT2D eigenvalue weighted by Gasteiger charge is 2.31. The fraction of sp³-hybridized carbons (Fsp3) is 0.167. The standard InChI is InChI=1S/C18H14BrN3O3S/c19-11-3-5-12(6-4-11)21-17(24)10-26-18-14(9-20)13(8-16(23)22-18)15-2-1-7-25-15/h1-7,13H,8,10H2,(H,21,24)(H,22,23)/t13-/m1/s1. The van der Waals surface area contributed by atoms with Gasteiger partial charge in [0.05, 0.1) is 34.6 Å². The number of nitrogens with one attached hydrogen (secondary N) is 2. The number of carbonyl (C=O) groups is 2. The summed E-state index contributed by atoms with van der Waals surface area (Å²) in [5.74, 6) is -0.228. The Balaban J connectivity index is 1.70. The minimum Gasteiger partial charge on any atom is -0.469 e. The fourth-order valence-corrected chi connectivity index (χ4v) is 3.67.